The van der Waals surface area contributed by atoms with Crippen molar-refractivity contribution in [1.29, 1.82) is 0 Å². The Morgan fingerprint density at radius 1 is 1.28 bits per heavy atom. The normalized spacial score (nSPS) is 15.9. The Morgan fingerprint density at radius 3 is 2.80 bits per heavy atom. The Labute approximate surface area is 146 Å². The van der Waals surface area contributed by atoms with Gasteiger partial charge in [-0.2, -0.15) is 0 Å². The highest BCUT2D eigenvalue weighted by molar-refractivity contribution is 5.94. The largest absolute Gasteiger partial charge is 0.494 e. The molecule has 2 amide bonds. The summed E-state index contributed by atoms with van der Waals surface area (Å²) in [6, 6.07) is 5.64. The molecule has 1 saturated carbocycles. The van der Waals surface area contributed by atoms with Crippen LogP contribution in [0.2, 0.25) is 0 Å². The van der Waals surface area contributed by atoms with Gasteiger partial charge in [0.05, 0.1) is 6.61 Å². The van der Waals surface area contributed by atoms with Gasteiger partial charge in [0.2, 0.25) is 11.8 Å². The van der Waals surface area contributed by atoms with Crippen LogP contribution in [0.15, 0.2) is 18.2 Å². The number of fused-ring (bicyclic) bond motifs is 1. The number of hydrogen-bond donors (Lipinski definition) is 2. The Balaban J connectivity index is 1.44. The van der Waals surface area contributed by atoms with Crippen molar-refractivity contribution in [1.82, 2.24) is 4.90 Å². The Hall–Kier alpha value is -2.57. The number of benzene rings is 1. The van der Waals surface area contributed by atoms with E-state index in [4.69, 9.17) is 9.84 Å². The summed E-state index contributed by atoms with van der Waals surface area (Å²) in [4.78, 5) is 35.8. The van der Waals surface area contributed by atoms with Gasteiger partial charge in [-0.3, -0.25) is 14.4 Å². The predicted octanol–water partition coefficient (Wildman–Crippen LogP) is 1.81. The standard InChI is InChI=1S/C18H22N2O5/c21-16-8-3-12-10-14(6-7-15(12)19-16)25-9-1-2-17(22)20(11-18(23)24)13-4-5-13/h6-7,10,13H,1-5,8-9,11H2,(H,19,21)(H,23,24). The van der Waals surface area contributed by atoms with Gasteiger partial charge >= 0.3 is 5.97 Å². The molecule has 0 aromatic heterocycles. The highest BCUT2D eigenvalue weighted by Gasteiger charge is 2.33. The van der Waals surface area contributed by atoms with Crippen LogP contribution in [-0.4, -0.2) is 47.0 Å². The lowest BCUT2D eigenvalue weighted by Gasteiger charge is -2.20. The quantitative estimate of drug-likeness (QED) is 0.700. The van der Waals surface area contributed by atoms with Gasteiger partial charge in [0.1, 0.15) is 12.3 Å². The van der Waals surface area contributed by atoms with Gasteiger partial charge < -0.3 is 20.1 Å². The number of carboxylic acid groups (broad SMARTS) is 1. The van der Waals surface area contributed by atoms with Crippen molar-refractivity contribution in [2.75, 3.05) is 18.5 Å². The van der Waals surface area contributed by atoms with Gasteiger partial charge in [-0.05, 0) is 49.4 Å². The lowest BCUT2D eigenvalue weighted by molar-refractivity contribution is -0.145. The highest BCUT2D eigenvalue weighted by Crippen LogP contribution is 2.28. The van der Waals surface area contributed by atoms with E-state index in [9.17, 15) is 14.4 Å². The molecule has 134 valence electrons. The number of nitrogens with zero attached hydrogens (tertiary/aromatic N) is 1. The van der Waals surface area contributed by atoms with Crippen LogP contribution in [0.1, 0.15) is 37.7 Å². The molecule has 1 aliphatic carbocycles. The Kier molecular flexibility index (Phi) is 5.21. The molecule has 7 heteroatoms. The van der Waals surface area contributed by atoms with Crippen LogP contribution in [0.25, 0.3) is 0 Å². The maximum atomic E-state index is 12.2. The highest BCUT2D eigenvalue weighted by atomic mass is 16.5. The molecular weight excluding hydrogens is 324 g/mol. The van der Waals surface area contributed by atoms with Crippen LogP contribution in [0.5, 0.6) is 5.75 Å². The predicted molar refractivity (Wildman–Crippen MR) is 90.5 cm³/mol. The monoisotopic (exact) mass is 346 g/mol. The van der Waals surface area contributed by atoms with Crippen molar-refractivity contribution in [3.05, 3.63) is 23.8 Å². The zero-order valence-electron chi connectivity index (χ0n) is 14.0. The summed E-state index contributed by atoms with van der Waals surface area (Å²) in [5.74, 6) is -0.354. The molecule has 1 aromatic rings. The van der Waals surface area contributed by atoms with Crippen molar-refractivity contribution < 1.29 is 24.2 Å². The third-order valence-electron chi connectivity index (χ3n) is 4.39. The molecule has 1 aliphatic heterocycles. The molecule has 1 aromatic carbocycles. The first-order chi connectivity index (χ1) is 12.0. The fraction of sp³-hybridized carbons (Fsp3) is 0.500. The van der Waals surface area contributed by atoms with Crippen LogP contribution >= 0.6 is 0 Å². The maximum absolute atomic E-state index is 12.2. The van der Waals surface area contributed by atoms with E-state index >= 15 is 0 Å². The number of carbonyl (C=O) groups is 3. The second kappa shape index (κ2) is 7.55. The van der Waals surface area contributed by atoms with E-state index in [1.165, 1.54) is 4.90 Å². The summed E-state index contributed by atoms with van der Waals surface area (Å²) in [6.45, 7) is 0.170. The van der Waals surface area contributed by atoms with Crippen LogP contribution in [0.3, 0.4) is 0 Å². The number of carboxylic acids is 1. The summed E-state index contributed by atoms with van der Waals surface area (Å²) in [7, 11) is 0. The molecule has 2 aliphatic rings. The summed E-state index contributed by atoms with van der Waals surface area (Å²) in [5.41, 5.74) is 1.88. The summed E-state index contributed by atoms with van der Waals surface area (Å²) in [6.07, 6.45) is 3.77. The molecular formula is C18H22N2O5. The Bertz CT molecular complexity index is 684. The summed E-state index contributed by atoms with van der Waals surface area (Å²) < 4.78 is 5.69. The van der Waals surface area contributed by atoms with Gasteiger partial charge in [0.15, 0.2) is 0 Å². The molecule has 0 bridgehead atoms. The van der Waals surface area contributed by atoms with Crippen LogP contribution in [0.4, 0.5) is 5.69 Å². The minimum Gasteiger partial charge on any atom is -0.494 e. The lowest BCUT2D eigenvalue weighted by Crippen LogP contribution is -2.37. The number of ether oxygens (including phenoxy) is 1. The molecule has 25 heavy (non-hydrogen) atoms. The first kappa shape index (κ1) is 17.3. The number of aryl methyl sites for hydroxylation is 1. The van der Waals surface area contributed by atoms with Gasteiger partial charge in [-0.1, -0.05) is 0 Å². The summed E-state index contributed by atoms with van der Waals surface area (Å²) >= 11 is 0. The van der Waals surface area contributed by atoms with Gasteiger partial charge in [-0.25, -0.2) is 0 Å². The number of amides is 2. The lowest BCUT2D eigenvalue weighted by atomic mass is 10.0. The van der Waals surface area contributed by atoms with Crippen molar-refractivity contribution >= 4 is 23.5 Å². The number of aliphatic carboxylic acids is 1. The average molecular weight is 346 g/mol. The van der Waals surface area contributed by atoms with E-state index in [-0.39, 0.29) is 30.8 Å². The fourth-order valence-corrected chi connectivity index (χ4v) is 2.96. The van der Waals surface area contributed by atoms with E-state index in [1.807, 2.05) is 12.1 Å². The molecule has 0 spiro atoms. The molecule has 1 fully saturated rings. The topological polar surface area (TPSA) is 95.9 Å². The zero-order chi connectivity index (χ0) is 17.8. The minimum absolute atomic E-state index is 0.0289. The fourth-order valence-electron chi connectivity index (χ4n) is 2.96. The second-order valence-electron chi connectivity index (χ2n) is 6.47. The van der Waals surface area contributed by atoms with Crippen molar-refractivity contribution in [2.45, 2.75) is 44.6 Å². The van der Waals surface area contributed by atoms with Crippen molar-refractivity contribution in [3.8, 4) is 5.75 Å². The van der Waals surface area contributed by atoms with E-state index in [1.54, 1.807) is 6.07 Å². The minimum atomic E-state index is -0.974. The van der Waals surface area contributed by atoms with E-state index in [2.05, 4.69) is 5.32 Å². The number of hydrogen-bond acceptors (Lipinski definition) is 4. The molecule has 0 atom stereocenters. The molecule has 3 rings (SSSR count). The zero-order valence-corrected chi connectivity index (χ0v) is 14.0. The molecule has 0 radical (unpaired) electrons. The van der Waals surface area contributed by atoms with E-state index < -0.39 is 5.97 Å². The average Bonchev–Trinajstić information content (AvgIpc) is 3.41. The molecule has 0 unspecified atom stereocenters. The van der Waals surface area contributed by atoms with Gasteiger partial charge in [0, 0.05) is 24.6 Å². The third-order valence-corrected chi connectivity index (χ3v) is 4.39. The van der Waals surface area contributed by atoms with Crippen LogP contribution in [0, 0.1) is 0 Å². The van der Waals surface area contributed by atoms with Gasteiger partial charge in [-0.15, -0.1) is 0 Å². The first-order valence-electron chi connectivity index (χ1n) is 8.60. The summed E-state index contributed by atoms with van der Waals surface area (Å²) in [5, 5.41) is 11.7. The maximum Gasteiger partial charge on any atom is 0.323 e. The van der Waals surface area contributed by atoms with Crippen LogP contribution in [-0.2, 0) is 20.8 Å². The number of carbonyl (C=O) groups excluding carboxylic acids is 2. The number of rotatable bonds is 8. The first-order valence-corrected chi connectivity index (χ1v) is 8.60. The third kappa shape index (κ3) is 4.71. The second-order valence-corrected chi connectivity index (χ2v) is 6.47. The molecule has 7 nitrogen and oxygen atoms in total. The number of nitrogens with one attached hydrogen (secondary N) is 1. The van der Waals surface area contributed by atoms with Crippen LogP contribution < -0.4 is 10.1 Å². The molecule has 0 saturated heterocycles. The van der Waals surface area contributed by atoms with E-state index in [0.717, 1.165) is 24.1 Å². The smallest absolute Gasteiger partial charge is 0.323 e. The van der Waals surface area contributed by atoms with Gasteiger partial charge in [0.25, 0.3) is 0 Å². The SMILES string of the molecule is O=C(O)CN(C(=O)CCCOc1ccc2c(c1)CCC(=O)N2)C1CC1. The van der Waals surface area contributed by atoms with E-state index in [0.29, 0.717) is 31.6 Å². The Morgan fingerprint density at radius 2 is 2.08 bits per heavy atom. The molecule has 2 N–H and O–H groups in total. The number of anilines is 1. The van der Waals surface area contributed by atoms with Crippen molar-refractivity contribution in [3.63, 3.8) is 0 Å². The van der Waals surface area contributed by atoms with Crippen molar-refractivity contribution in [2.24, 2.45) is 0 Å². The molecule has 1 heterocycles.